The molecule has 0 aliphatic carbocycles. The number of hydrogen-bond acceptors (Lipinski definition) is 3. The fraction of sp³-hybridized carbons (Fsp3) is 0.360. The summed E-state index contributed by atoms with van der Waals surface area (Å²) < 4.78 is 0. The Hall–Kier alpha value is -3.12. The van der Waals surface area contributed by atoms with Gasteiger partial charge in [-0.2, -0.15) is 0 Å². The van der Waals surface area contributed by atoms with E-state index in [9.17, 15) is 9.59 Å². The van der Waals surface area contributed by atoms with Crippen molar-refractivity contribution in [3.05, 3.63) is 71.4 Å². The lowest BCUT2D eigenvalue weighted by Gasteiger charge is -2.26. The molecule has 3 rings (SSSR count). The average Bonchev–Trinajstić information content (AvgIpc) is 3.16. The molecule has 0 aliphatic heterocycles. The van der Waals surface area contributed by atoms with Crippen molar-refractivity contribution in [1.29, 1.82) is 0 Å². The third-order valence-electron chi connectivity index (χ3n) is 5.66. The average molecular weight is 421 g/mol. The lowest BCUT2D eigenvalue weighted by molar-refractivity contribution is -0.128. The van der Waals surface area contributed by atoms with Gasteiger partial charge in [-0.05, 0) is 43.3 Å². The van der Waals surface area contributed by atoms with E-state index in [1.165, 1.54) is 12.5 Å². The van der Waals surface area contributed by atoms with Crippen molar-refractivity contribution >= 4 is 22.7 Å². The predicted octanol–water partition coefficient (Wildman–Crippen LogP) is 3.20. The van der Waals surface area contributed by atoms with Gasteiger partial charge in [0.1, 0.15) is 6.04 Å². The van der Waals surface area contributed by atoms with Crippen LogP contribution in [0.25, 0.3) is 10.9 Å². The number of nitrogens with one attached hydrogen (secondary N) is 3. The third kappa shape index (κ3) is 5.73. The highest BCUT2D eigenvalue weighted by molar-refractivity contribution is 5.89. The van der Waals surface area contributed by atoms with Gasteiger partial charge in [0.05, 0.1) is 6.04 Å². The number of aromatic amines is 1. The van der Waals surface area contributed by atoms with Gasteiger partial charge >= 0.3 is 0 Å². The first-order valence-electron chi connectivity index (χ1n) is 10.7. The SMILES string of the molecule is CCc1ccc(C(CNC(=O)C(Cc2c[nH]c3ccccc23)NC(C)=O)N(C)C)cc1. The second kappa shape index (κ2) is 10.3. The molecule has 1 heterocycles. The van der Waals surface area contributed by atoms with Crippen molar-refractivity contribution in [2.75, 3.05) is 20.6 Å². The summed E-state index contributed by atoms with van der Waals surface area (Å²) in [4.78, 5) is 30.1. The van der Waals surface area contributed by atoms with E-state index in [1.54, 1.807) is 0 Å². The molecule has 0 bridgehead atoms. The Kier molecular flexibility index (Phi) is 7.47. The normalized spacial score (nSPS) is 13.2. The molecule has 164 valence electrons. The van der Waals surface area contributed by atoms with E-state index in [0.717, 1.165) is 28.5 Å². The molecular weight excluding hydrogens is 388 g/mol. The van der Waals surface area contributed by atoms with Gasteiger partial charge in [-0.3, -0.25) is 9.59 Å². The van der Waals surface area contributed by atoms with Gasteiger partial charge in [0.15, 0.2) is 0 Å². The zero-order chi connectivity index (χ0) is 22.4. The molecule has 31 heavy (non-hydrogen) atoms. The number of aryl methyl sites for hydroxylation is 1. The molecule has 3 N–H and O–H groups in total. The second-order valence-corrected chi connectivity index (χ2v) is 8.14. The van der Waals surface area contributed by atoms with Gasteiger partial charge in [0.2, 0.25) is 11.8 Å². The van der Waals surface area contributed by atoms with E-state index in [2.05, 4.69) is 51.7 Å². The highest BCUT2D eigenvalue weighted by Crippen LogP contribution is 2.20. The summed E-state index contributed by atoms with van der Waals surface area (Å²) in [5.41, 5.74) is 4.46. The van der Waals surface area contributed by atoms with Crippen LogP contribution in [0.2, 0.25) is 0 Å². The number of rotatable bonds is 9. The van der Waals surface area contributed by atoms with Crippen LogP contribution in [0, 0.1) is 0 Å². The number of carbonyl (C=O) groups excluding carboxylic acids is 2. The van der Waals surface area contributed by atoms with Crippen LogP contribution in [-0.4, -0.2) is 48.4 Å². The molecule has 3 aromatic rings. The van der Waals surface area contributed by atoms with Gasteiger partial charge < -0.3 is 20.5 Å². The van der Waals surface area contributed by atoms with E-state index in [0.29, 0.717) is 13.0 Å². The van der Waals surface area contributed by atoms with Crippen LogP contribution in [0.5, 0.6) is 0 Å². The maximum absolute atomic E-state index is 13.0. The van der Waals surface area contributed by atoms with Crippen LogP contribution in [0.15, 0.2) is 54.7 Å². The maximum atomic E-state index is 13.0. The number of aromatic nitrogens is 1. The summed E-state index contributed by atoms with van der Waals surface area (Å²) in [6.45, 7) is 4.03. The molecule has 2 amide bonds. The lowest BCUT2D eigenvalue weighted by atomic mass is 10.0. The largest absolute Gasteiger partial charge is 0.361 e. The predicted molar refractivity (Wildman–Crippen MR) is 125 cm³/mol. The molecule has 2 unspecified atom stereocenters. The quantitative estimate of drug-likeness (QED) is 0.498. The summed E-state index contributed by atoms with van der Waals surface area (Å²) in [6.07, 6.45) is 3.33. The fourth-order valence-corrected chi connectivity index (χ4v) is 3.87. The second-order valence-electron chi connectivity index (χ2n) is 8.14. The Labute approximate surface area is 184 Å². The van der Waals surface area contributed by atoms with Crippen LogP contribution in [-0.2, 0) is 22.4 Å². The van der Waals surface area contributed by atoms with Crippen molar-refractivity contribution in [3.8, 4) is 0 Å². The molecule has 0 saturated carbocycles. The Morgan fingerprint density at radius 1 is 1.06 bits per heavy atom. The summed E-state index contributed by atoms with van der Waals surface area (Å²) in [6, 6.07) is 15.9. The van der Waals surface area contributed by atoms with E-state index < -0.39 is 6.04 Å². The first-order valence-corrected chi connectivity index (χ1v) is 10.7. The first-order chi connectivity index (χ1) is 14.9. The minimum atomic E-state index is -0.637. The van der Waals surface area contributed by atoms with Crippen LogP contribution >= 0.6 is 0 Å². The Balaban J connectivity index is 1.72. The molecule has 0 spiro atoms. The Morgan fingerprint density at radius 3 is 2.42 bits per heavy atom. The number of para-hydroxylation sites is 1. The summed E-state index contributed by atoms with van der Waals surface area (Å²) >= 11 is 0. The number of H-pyrrole nitrogens is 1. The van der Waals surface area contributed by atoms with E-state index in [-0.39, 0.29) is 17.9 Å². The van der Waals surface area contributed by atoms with E-state index >= 15 is 0 Å². The van der Waals surface area contributed by atoms with Crippen molar-refractivity contribution < 1.29 is 9.59 Å². The van der Waals surface area contributed by atoms with Crippen LogP contribution in [0.3, 0.4) is 0 Å². The number of amides is 2. The van der Waals surface area contributed by atoms with E-state index in [4.69, 9.17) is 0 Å². The van der Waals surface area contributed by atoms with Crippen molar-refractivity contribution in [2.45, 2.75) is 38.8 Å². The monoisotopic (exact) mass is 420 g/mol. The molecule has 0 fully saturated rings. The van der Waals surface area contributed by atoms with Gasteiger partial charge in [0.25, 0.3) is 0 Å². The van der Waals surface area contributed by atoms with Crippen LogP contribution in [0.1, 0.15) is 36.6 Å². The van der Waals surface area contributed by atoms with E-state index in [1.807, 2.05) is 44.6 Å². The fourth-order valence-electron chi connectivity index (χ4n) is 3.87. The number of benzene rings is 2. The standard InChI is InChI=1S/C25H32N4O2/c1-5-18-10-12-19(13-11-18)24(29(3)4)16-27-25(31)23(28-17(2)30)14-20-15-26-22-9-7-6-8-21(20)22/h6-13,15,23-24,26H,5,14,16H2,1-4H3,(H,27,31)(H,28,30). The number of carbonyl (C=O) groups is 2. The van der Waals surface area contributed by atoms with Crippen LogP contribution in [0.4, 0.5) is 0 Å². The van der Waals surface area contributed by atoms with Crippen molar-refractivity contribution in [2.24, 2.45) is 0 Å². The molecule has 0 saturated heterocycles. The molecule has 1 aromatic heterocycles. The Bertz CT molecular complexity index is 1020. The zero-order valence-corrected chi connectivity index (χ0v) is 18.7. The van der Waals surface area contributed by atoms with Gasteiger partial charge in [-0.1, -0.05) is 49.4 Å². The number of likely N-dealkylation sites (N-methyl/N-ethyl adjacent to an activating group) is 1. The van der Waals surface area contributed by atoms with Crippen LogP contribution < -0.4 is 10.6 Å². The third-order valence-corrected chi connectivity index (χ3v) is 5.66. The smallest absolute Gasteiger partial charge is 0.242 e. The van der Waals surface area contributed by atoms with Gasteiger partial charge in [0, 0.05) is 37.0 Å². The Morgan fingerprint density at radius 2 is 1.77 bits per heavy atom. The van der Waals surface area contributed by atoms with Gasteiger partial charge in [-0.25, -0.2) is 0 Å². The van der Waals surface area contributed by atoms with Gasteiger partial charge in [-0.15, -0.1) is 0 Å². The minimum absolute atomic E-state index is 0.0425. The lowest BCUT2D eigenvalue weighted by Crippen LogP contribution is -2.49. The summed E-state index contributed by atoms with van der Waals surface area (Å²) in [5.74, 6) is -0.406. The first kappa shape index (κ1) is 22.6. The van der Waals surface area contributed by atoms with Crippen molar-refractivity contribution in [3.63, 3.8) is 0 Å². The minimum Gasteiger partial charge on any atom is -0.361 e. The number of nitrogens with zero attached hydrogens (tertiary/aromatic N) is 1. The number of hydrogen-bond donors (Lipinski definition) is 3. The topological polar surface area (TPSA) is 77.2 Å². The maximum Gasteiger partial charge on any atom is 0.242 e. The number of fused-ring (bicyclic) bond motifs is 1. The molecule has 2 atom stereocenters. The molecule has 6 nitrogen and oxygen atoms in total. The summed E-state index contributed by atoms with van der Waals surface area (Å²) in [7, 11) is 4.00. The highest BCUT2D eigenvalue weighted by atomic mass is 16.2. The highest BCUT2D eigenvalue weighted by Gasteiger charge is 2.23. The zero-order valence-electron chi connectivity index (χ0n) is 18.7. The molecule has 0 aliphatic rings. The van der Waals surface area contributed by atoms with Crippen molar-refractivity contribution in [1.82, 2.24) is 20.5 Å². The molecular formula is C25H32N4O2. The molecule has 0 radical (unpaired) electrons. The summed E-state index contributed by atoms with van der Waals surface area (Å²) in [5, 5.41) is 6.93. The molecule has 6 heteroatoms. The molecule has 2 aromatic carbocycles.